The third kappa shape index (κ3) is 2.57. The molecule has 19 heavy (non-hydrogen) atoms. The summed E-state index contributed by atoms with van der Waals surface area (Å²) >= 11 is 0. The number of hydrogen-bond acceptors (Lipinski definition) is 3. The van der Waals surface area contributed by atoms with Crippen LogP contribution in [0.1, 0.15) is 12.8 Å². The van der Waals surface area contributed by atoms with E-state index in [-0.39, 0.29) is 6.03 Å². The monoisotopic (exact) mass is 257 g/mol. The number of rotatable bonds is 2. The maximum absolute atomic E-state index is 12.0. The first kappa shape index (κ1) is 11.7. The first-order chi connectivity index (χ1) is 9.33. The summed E-state index contributed by atoms with van der Waals surface area (Å²) < 4.78 is 0. The smallest absolute Gasteiger partial charge is 0.321 e. The highest BCUT2D eigenvalue weighted by atomic mass is 16.2. The molecule has 98 valence electrons. The van der Waals surface area contributed by atoms with Gasteiger partial charge in [-0.15, -0.1) is 0 Å². The number of anilines is 1. The molecule has 0 aromatic carbocycles. The van der Waals surface area contributed by atoms with Crippen molar-refractivity contribution in [3.8, 4) is 11.3 Å². The van der Waals surface area contributed by atoms with Crippen LogP contribution in [0.4, 0.5) is 10.5 Å². The largest absolute Gasteiger partial charge is 0.325 e. The first-order valence-corrected chi connectivity index (χ1v) is 6.34. The van der Waals surface area contributed by atoms with Crippen LogP contribution in [0, 0.1) is 0 Å². The Morgan fingerprint density at radius 1 is 1.32 bits per heavy atom. The molecule has 2 amide bonds. The molecule has 6 heteroatoms. The number of aromatic nitrogens is 3. The molecule has 1 saturated heterocycles. The molecule has 0 unspecified atom stereocenters. The number of hydrogen-bond donors (Lipinski definition) is 2. The predicted octanol–water partition coefficient (Wildman–Crippen LogP) is 2.10. The normalized spacial score (nSPS) is 14.6. The van der Waals surface area contributed by atoms with Crippen LogP contribution in [0.2, 0.25) is 0 Å². The van der Waals surface area contributed by atoms with E-state index in [4.69, 9.17) is 0 Å². The standard InChI is InChI=1S/C13H15N5O/c19-13(18-5-1-2-6-18)16-11-7-10(8-14-9-11)12-3-4-15-17-12/h3-4,7-9H,1-2,5-6H2,(H,15,17)(H,16,19). The van der Waals surface area contributed by atoms with Gasteiger partial charge in [0.05, 0.1) is 17.6 Å². The minimum Gasteiger partial charge on any atom is -0.325 e. The number of nitrogens with zero attached hydrogens (tertiary/aromatic N) is 3. The lowest BCUT2D eigenvalue weighted by molar-refractivity contribution is 0.222. The predicted molar refractivity (Wildman–Crippen MR) is 71.6 cm³/mol. The highest BCUT2D eigenvalue weighted by Gasteiger charge is 2.17. The third-order valence-electron chi connectivity index (χ3n) is 3.19. The second-order valence-electron chi connectivity index (χ2n) is 4.56. The SMILES string of the molecule is O=C(Nc1cncc(-c2ccn[nH]2)c1)N1CCCC1. The summed E-state index contributed by atoms with van der Waals surface area (Å²) in [7, 11) is 0. The Morgan fingerprint density at radius 2 is 2.16 bits per heavy atom. The Balaban J connectivity index is 1.74. The third-order valence-corrected chi connectivity index (χ3v) is 3.19. The fourth-order valence-electron chi connectivity index (χ4n) is 2.19. The second kappa shape index (κ2) is 5.09. The van der Waals surface area contributed by atoms with Crippen LogP contribution in [-0.2, 0) is 0 Å². The van der Waals surface area contributed by atoms with Gasteiger partial charge < -0.3 is 10.2 Å². The summed E-state index contributed by atoms with van der Waals surface area (Å²) in [5.74, 6) is 0. The molecule has 6 nitrogen and oxygen atoms in total. The lowest BCUT2D eigenvalue weighted by atomic mass is 10.2. The van der Waals surface area contributed by atoms with Gasteiger partial charge in [-0.25, -0.2) is 4.79 Å². The lowest BCUT2D eigenvalue weighted by Gasteiger charge is -2.16. The molecule has 2 N–H and O–H groups in total. The van der Waals surface area contributed by atoms with Gasteiger partial charge in [0.15, 0.2) is 0 Å². The zero-order valence-electron chi connectivity index (χ0n) is 10.5. The van der Waals surface area contributed by atoms with Crippen molar-refractivity contribution in [3.05, 3.63) is 30.7 Å². The molecule has 0 saturated carbocycles. The number of carbonyl (C=O) groups is 1. The van der Waals surface area contributed by atoms with Crippen LogP contribution in [0.3, 0.4) is 0 Å². The number of nitrogens with one attached hydrogen (secondary N) is 2. The van der Waals surface area contributed by atoms with Gasteiger partial charge >= 0.3 is 6.03 Å². The van der Waals surface area contributed by atoms with E-state index in [9.17, 15) is 4.79 Å². The van der Waals surface area contributed by atoms with Crippen LogP contribution in [0.5, 0.6) is 0 Å². The number of aromatic amines is 1. The highest BCUT2D eigenvalue weighted by molar-refractivity contribution is 5.89. The van der Waals surface area contributed by atoms with Crippen LogP contribution >= 0.6 is 0 Å². The number of pyridine rings is 1. The minimum atomic E-state index is -0.0546. The van der Waals surface area contributed by atoms with E-state index in [1.165, 1.54) is 0 Å². The number of carbonyl (C=O) groups excluding carboxylic acids is 1. The lowest BCUT2D eigenvalue weighted by Crippen LogP contribution is -2.32. The van der Waals surface area contributed by atoms with Crippen molar-refractivity contribution in [3.63, 3.8) is 0 Å². The zero-order valence-corrected chi connectivity index (χ0v) is 10.5. The van der Waals surface area contributed by atoms with Crippen molar-refractivity contribution < 1.29 is 4.79 Å². The van der Waals surface area contributed by atoms with E-state index >= 15 is 0 Å². The van der Waals surface area contributed by atoms with Crippen LogP contribution in [0.25, 0.3) is 11.3 Å². The van der Waals surface area contributed by atoms with E-state index in [2.05, 4.69) is 20.5 Å². The molecule has 2 aromatic heterocycles. The second-order valence-corrected chi connectivity index (χ2v) is 4.56. The van der Waals surface area contributed by atoms with E-state index in [1.807, 2.05) is 17.0 Å². The van der Waals surface area contributed by atoms with Gasteiger partial charge in [-0.2, -0.15) is 5.10 Å². The fraction of sp³-hybridized carbons (Fsp3) is 0.308. The fourth-order valence-corrected chi connectivity index (χ4v) is 2.19. The Bertz CT molecular complexity index is 560. The van der Waals surface area contributed by atoms with Gasteiger partial charge in [0.1, 0.15) is 0 Å². The summed E-state index contributed by atoms with van der Waals surface area (Å²) in [6, 6.07) is 3.69. The maximum Gasteiger partial charge on any atom is 0.321 e. The van der Waals surface area contributed by atoms with Crippen molar-refractivity contribution in [2.45, 2.75) is 12.8 Å². The van der Waals surface area contributed by atoms with E-state index < -0.39 is 0 Å². The summed E-state index contributed by atoms with van der Waals surface area (Å²) in [5.41, 5.74) is 2.48. The Kier molecular flexibility index (Phi) is 3.14. The molecule has 2 aromatic rings. The van der Waals surface area contributed by atoms with Gasteiger partial charge in [-0.1, -0.05) is 0 Å². The first-order valence-electron chi connectivity index (χ1n) is 6.34. The van der Waals surface area contributed by atoms with Gasteiger partial charge in [-0.05, 0) is 25.0 Å². The number of urea groups is 1. The van der Waals surface area contributed by atoms with Gasteiger partial charge in [0.2, 0.25) is 0 Å². The topological polar surface area (TPSA) is 73.9 Å². The minimum absolute atomic E-state index is 0.0546. The zero-order chi connectivity index (χ0) is 13.1. The molecular formula is C13H15N5O. The number of H-pyrrole nitrogens is 1. The van der Waals surface area contributed by atoms with Crippen molar-refractivity contribution in [2.75, 3.05) is 18.4 Å². The Labute approximate surface area is 110 Å². The summed E-state index contributed by atoms with van der Waals surface area (Å²) in [4.78, 5) is 17.9. The van der Waals surface area contributed by atoms with Crippen molar-refractivity contribution in [1.82, 2.24) is 20.1 Å². The quantitative estimate of drug-likeness (QED) is 0.865. The Morgan fingerprint density at radius 3 is 2.89 bits per heavy atom. The molecule has 3 rings (SSSR count). The van der Waals surface area contributed by atoms with Crippen molar-refractivity contribution >= 4 is 11.7 Å². The molecule has 0 aliphatic carbocycles. The molecule has 0 atom stereocenters. The van der Waals surface area contributed by atoms with Gasteiger partial charge in [0, 0.05) is 31.0 Å². The van der Waals surface area contributed by atoms with E-state index in [1.54, 1.807) is 18.6 Å². The molecule has 1 aliphatic rings. The summed E-state index contributed by atoms with van der Waals surface area (Å²) in [6.07, 6.45) is 7.23. The van der Waals surface area contributed by atoms with Gasteiger partial charge in [-0.3, -0.25) is 10.1 Å². The summed E-state index contributed by atoms with van der Waals surface area (Å²) in [6.45, 7) is 1.67. The van der Waals surface area contributed by atoms with E-state index in [0.29, 0.717) is 5.69 Å². The van der Waals surface area contributed by atoms with Crippen LogP contribution < -0.4 is 5.32 Å². The van der Waals surface area contributed by atoms with Crippen LogP contribution in [0.15, 0.2) is 30.7 Å². The number of likely N-dealkylation sites (tertiary alicyclic amines) is 1. The average Bonchev–Trinajstić information content (AvgIpc) is 3.13. The molecule has 0 bridgehead atoms. The molecular weight excluding hydrogens is 242 g/mol. The molecule has 1 fully saturated rings. The molecule has 1 aliphatic heterocycles. The van der Waals surface area contributed by atoms with Crippen molar-refractivity contribution in [2.24, 2.45) is 0 Å². The Hall–Kier alpha value is -2.37. The molecule has 0 spiro atoms. The number of amides is 2. The average molecular weight is 257 g/mol. The maximum atomic E-state index is 12.0. The van der Waals surface area contributed by atoms with E-state index in [0.717, 1.165) is 37.2 Å². The van der Waals surface area contributed by atoms with Crippen LogP contribution in [-0.4, -0.2) is 39.2 Å². The summed E-state index contributed by atoms with van der Waals surface area (Å²) in [5, 5.41) is 9.66. The van der Waals surface area contributed by atoms with Gasteiger partial charge in [0.25, 0.3) is 0 Å². The molecule has 0 radical (unpaired) electrons. The van der Waals surface area contributed by atoms with Crippen molar-refractivity contribution in [1.29, 1.82) is 0 Å². The molecule has 3 heterocycles. The highest BCUT2D eigenvalue weighted by Crippen LogP contribution is 2.19.